The van der Waals surface area contributed by atoms with Gasteiger partial charge in [0.25, 0.3) is 0 Å². The molecular weight excluding hydrogens is 725 g/mol. The van der Waals surface area contributed by atoms with E-state index in [1.165, 1.54) is 132 Å². The number of nitriles is 1. The molecule has 0 radical (unpaired) electrons. The zero-order valence-corrected chi connectivity index (χ0v) is 34.2. The van der Waals surface area contributed by atoms with Gasteiger partial charge in [0.1, 0.15) is 0 Å². The van der Waals surface area contributed by atoms with Crippen LogP contribution in [0.2, 0.25) is 0 Å². The molecule has 2 aliphatic heterocycles. The Kier molecular flexibility index (Phi) is 6.53. The maximum atomic E-state index is 10.1. The lowest BCUT2D eigenvalue weighted by molar-refractivity contribution is 1.17. The molecule has 0 amide bonds. The van der Waals surface area contributed by atoms with E-state index in [1.54, 1.807) is 0 Å². The van der Waals surface area contributed by atoms with Crippen molar-refractivity contribution in [1.82, 2.24) is 9.05 Å². The van der Waals surface area contributed by atoms with Crippen LogP contribution in [0.1, 0.15) is 33.4 Å². The van der Waals surface area contributed by atoms with Crippen LogP contribution in [0.5, 0.6) is 0 Å². The summed E-state index contributed by atoms with van der Waals surface area (Å²) in [4.78, 5) is 0. The highest BCUT2D eigenvalue weighted by atomic mass is 15.0. The van der Waals surface area contributed by atoms with E-state index in [0.717, 1.165) is 11.1 Å². The molecule has 0 bridgehead atoms. The second-order valence-electron chi connectivity index (χ2n) is 17.4. The summed E-state index contributed by atoms with van der Waals surface area (Å²) in [6.07, 6.45) is 0. The van der Waals surface area contributed by atoms with E-state index in [0.29, 0.717) is 5.56 Å². The molecule has 0 saturated carbocycles. The number of fused-ring (bicyclic) bond motifs is 8. The molecule has 0 N–H and O–H groups in total. The number of nitrogens with zero attached hydrogens (tertiary/aromatic N) is 3. The highest BCUT2D eigenvalue weighted by Crippen LogP contribution is 2.49. The molecule has 3 nitrogen and oxygen atoms in total. The normalized spacial score (nSPS) is 12.7. The van der Waals surface area contributed by atoms with Crippen LogP contribution < -0.4 is 10.9 Å². The van der Waals surface area contributed by atoms with Gasteiger partial charge in [-0.2, -0.15) is 5.26 Å². The molecule has 0 aliphatic carbocycles. The molecule has 2 aliphatic rings. The molecule has 0 fully saturated rings. The first-order valence-electron chi connectivity index (χ1n) is 21.0. The summed E-state index contributed by atoms with van der Waals surface area (Å²) in [6, 6.07) is 54.6. The van der Waals surface area contributed by atoms with Crippen LogP contribution >= 0.6 is 0 Å². The van der Waals surface area contributed by atoms with E-state index in [4.69, 9.17) is 0 Å². The van der Waals surface area contributed by atoms with Crippen molar-refractivity contribution in [3.8, 4) is 56.3 Å². The molecule has 280 valence electrons. The minimum absolute atomic E-state index is 0.0574. The Hall–Kier alpha value is -7.35. The van der Waals surface area contributed by atoms with Crippen LogP contribution in [0.4, 0.5) is 0 Å². The number of aromatic nitrogens is 2. The number of rotatable bonds is 3. The number of benzene rings is 9. The molecule has 9 aromatic carbocycles. The molecule has 4 heteroatoms. The molecule has 13 rings (SSSR count). The lowest BCUT2D eigenvalue weighted by atomic mass is 9.45. The summed E-state index contributed by atoms with van der Waals surface area (Å²) in [7, 11) is 0. The van der Waals surface area contributed by atoms with Gasteiger partial charge in [0.05, 0.1) is 22.7 Å². The summed E-state index contributed by atoms with van der Waals surface area (Å²) in [6.45, 7) is 11.2. The number of hydrogen-bond donors (Lipinski definition) is 0. The highest BCUT2D eigenvalue weighted by molar-refractivity contribution is 6.90. The average Bonchev–Trinajstić information content (AvgIpc) is 3.78. The lowest BCUT2D eigenvalue weighted by Gasteiger charge is -2.36. The van der Waals surface area contributed by atoms with Gasteiger partial charge in [-0.25, -0.2) is 0 Å². The van der Waals surface area contributed by atoms with Crippen LogP contribution in [-0.2, 0) is 0 Å². The van der Waals surface area contributed by atoms with Gasteiger partial charge >= 0.3 is 6.85 Å². The summed E-state index contributed by atoms with van der Waals surface area (Å²) in [5, 5.41) is 17.8. The predicted octanol–water partition coefficient (Wildman–Crippen LogP) is 12.8. The summed E-state index contributed by atoms with van der Waals surface area (Å²) in [5.74, 6) is 0. The Balaban J connectivity index is 1.26. The van der Waals surface area contributed by atoms with Crippen LogP contribution in [0.15, 0.2) is 140 Å². The largest absolute Gasteiger partial charge is 0.375 e. The SMILES string of the molecule is Cc1cccc(C)c1-c1ccc2c(c1)c1cc(-c3c(C)cccc3C)cc3c1n2B1c2c(cc(-c4cccc(C#N)c4)c(C)c2-3)-n2c3cccc4ccc5ccc1c2c5c43. The standard InChI is InChI=1S/C56H38BN3/c1-30-10-6-11-31(2)49(30)39-21-23-46-42(25-39)43-26-40(50-32(3)12-7-13-33(50)4)27-44-51-34(5)41(38-16-8-14-35(24-38)29-58)28-48-54(51)57(60(46)55(43)44)45-22-20-37-19-18-36-15-9-17-47-52(36)53(37)56(45)59(47)48/h6-28H,1-5H3. The van der Waals surface area contributed by atoms with Crippen molar-refractivity contribution in [2.24, 2.45) is 0 Å². The zero-order chi connectivity index (χ0) is 40.3. The van der Waals surface area contributed by atoms with Crippen molar-refractivity contribution in [3.63, 3.8) is 0 Å². The second kappa shape index (κ2) is 11.7. The Morgan fingerprint density at radius 3 is 1.92 bits per heavy atom. The summed E-state index contributed by atoms with van der Waals surface area (Å²) in [5.41, 5.74) is 25.9. The van der Waals surface area contributed by atoms with E-state index < -0.39 is 0 Å². The monoisotopic (exact) mass is 763 g/mol. The van der Waals surface area contributed by atoms with Gasteiger partial charge in [-0.15, -0.1) is 0 Å². The van der Waals surface area contributed by atoms with Crippen molar-refractivity contribution >= 4 is 72.2 Å². The van der Waals surface area contributed by atoms with E-state index in [9.17, 15) is 5.26 Å². The minimum atomic E-state index is -0.0574. The second-order valence-corrected chi connectivity index (χ2v) is 17.4. The number of hydrogen-bond acceptors (Lipinski definition) is 1. The van der Waals surface area contributed by atoms with Gasteiger partial charge < -0.3 is 9.05 Å². The van der Waals surface area contributed by atoms with E-state index in [-0.39, 0.29) is 6.85 Å². The first kappa shape index (κ1) is 33.6. The number of aryl methyl sites for hydroxylation is 4. The Labute approximate surface area is 348 Å². The van der Waals surface area contributed by atoms with Crippen molar-refractivity contribution < 1.29 is 0 Å². The Morgan fingerprint density at radius 2 is 1.17 bits per heavy atom. The van der Waals surface area contributed by atoms with E-state index >= 15 is 0 Å². The predicted molar refractivity (Wildman–Crippen MR) is 253 cm³/mol. The van der Waals surface area contributed by atoms with Crippen molar-refractivity contribution in [3.05, 3.63) is 173 Å². The van der Waals surface area contributed by atoms with Crippen molar-refractivity contribution in [2.45, 2.75) is 34.6 Å². The quantitative estimate of drug-likeness (QED) is 0.130. The van der Waals surface area contributed by atoms with E-state index in [2.05, 4.69) is 177 Å². The Bertz CT molecular complexity index is 3750. The lowest BCUT2D eigenvalue weighted by Crippen LogP contribution is -2.55. The third-order valence-corrected chi connectivity index (χ3v) is 14.2. The third kappa shape index (κ3) is 4.14. The molecule has 11 aromatic rings. The summed E-state index contributed by atoms with van der Waals surface area (Å²) >= 11 is 0. The topological polar surface area (TPSA) is 33.6 Å². The average molecular weight is 764 g/mol. The van der Waals surface area contributed by atoms with Crippen molar-refractivity contribution in [2.75, 3.05) is 0 Å². The molecule has 2 aromatic heterocycles. The van der Waals surface area contributed by atoms with Crippen LogP contribution in [0.3, 0.4) is 0 Å². The van der Waals surface area contributed by atoms with Gasteiger partial charge in [0.15, 0.2) is 0 Å². The molecular formula is C56H38BN3. The first-order chi connectivity index (χ1) is 29.3. The Morgan fingerprint density at radius 1 is 0.500 bits per heavy atom. The van der Waals surface area contributed by atoms with Crippen LogP contribution in [0, 0.1) is 45.9 Å². The molecule has 4 heterocycles. The van der Waals surface area contributed by atoms with E-state index in [1.807, 2.05) is 12.1 Å². The van der Waals surface area contributed by atoms with Gasteiger partial charge in [0.2, 0.25) is 0 Å². The third-order valence-electron chi connectivity index (χ3n) is 14.2. The van der Waals surface area contributed by atoms with Gasteiger partial charge in [-0.1, -0.05) is 91.0 Å². The summed E-state index contributed by atoms with van der Waals surface area (Å²) < 4.78 is 5.27. The van der Waals surface area contributed by atoms with Gasteiger partial charge in [-0.3, -0.25) is 0 Å². The fourth-order valence-corrected chi connectivity index (χ4v) is 11.7. The maximum absolute atomic E-state index is 10.1. The molecule has 60 heavy (non-hydrogen) atoms. The maximum Gasteiger partial charge on any atom is 0.333 e. The first-order valence-corrected chi connectivity index (χ1v) is 21.0. The molecule has 0 atom stereocenters. The fraction of sp³-hybridized carbons (Fsp3) is 0.0893. The highest BCUT2D eigenvalue weighted by Gasteiger charge is 2.43. The molecule has 0 saturated heterocycles. The molecule has 0 unspecified atom stereocenters. The fourth-order valence-electron chi connectivity index (χ4n) is 11.7. The smallest absolute Gasteiger partial charge is 0.333 e. The van der Waals surface area contributed by atoms with Crippen LogP contribution in [0.25, 0.3) is 105 Å². The van der Waals surface area contributed by atoms with Gasteiger partial charge in [-0.05, 0) is 172 Å². The zero-order valence-electron chi connectivity index (χ0n) is 34.2. The van der Waals surface area contributed by atoms with Crippen LogP contribution in [-0.4, -0.2) is 15.9 Å². The molecule has 0 spiro atoms. The minimum Gasteiger partial charge on any atom is -0.375 e. The van der Waals surface area contributed by atoms with Gasteiger partial charge in [0, 0.05) is 43.8 Å². The van der Waals surface area contributed by atoms with Crippen molar-refractivity contribution in [1.29, 1.82) is 5.26 Å².